The molecule has 6 nitrogen and oxygen atoms in total. The first-order chi connectivity index (χ1) is 31.0. The van der Waals surface area contributed by atoms with Gasteiger partial charge in [0.25, 0.3) is 0 Å². The normalized spacial score (nSPS) is 12.2. The van der Waals surface area contributed by atoms with Gasteiger partial charge in [0.05, 0.1) is 17.2 Å². The number of para-hydroxylation sites is 2. The molecule has 312 valence electrons. The Kier molecular flexibility index (Phi) is 9.17. The third-order valence-corrected chi connectivity index (χ3v) is 12.4. The Balaban J connectivity index is 1.02. The van der Waals surface area contributed by atoms with E-state index in [0.717, 1.165) is 83.1 Å². The lowest BCUT2D eigenvalue weighted by molar-refractivity contribution is 0.483. The molecule has 0 bridgehead atoms. The first-order valence-corrected chi connectivity index (χ1v) is 22.0. The molecule has 0 fully saturated rings. The first kappa shape index (κ1) is 39.2. The quantitative estimate of drug-likeness (QED) is 0.160. The molecule has 4 heterocycles. The van der Waals surface area contributed by atoms with Crippen LogP contribution in [0.2, 0.25) is 0 Å². The van der Waals surface area contributed by atoms with E-state index >= 15 is 0 Å². The van der Waals surface area contributed by atoms with Crippen LogP contribution in [0.4, 0.5) is 0 Å². The molecule has 0 aliphatic carbocycles. The summed E-state index contributed by atoms with van der Waals surface area (Å²) in [4.78, 5) is 5.02. The van der Waals surface area contributed by atoms with Gasteiger partial charge in [-0.15, -0.1) is 0 Å². The van der Waals surface area contributed by atoms with Gasteiger partial charge in [0.1, 0.15) is 28.6 Å². The Morgan fingerprint density at radius 3 is 2.03 bits per heavy atom. The zero-order chi connectivity index (χ0) is 43.7. The van der Waals surface area contributed by atoms with Crippen molar-refractivity contribution in [2.75, 3.05) is 0 Å². The maximum atomic E-state index is 6.90. The highest BCUT2D eigenvalue weighted by molar-refractivity contribution is 6.10. The van der Waals surface area contributed by atoms with Crippen LogP contribution in [-0.4, -0.2) is 19.3 Å². The molecule has 11 aromatic rings. The second kappa shape index (κ2) is 15.0. The third kappa shape index (κ3) is 6.83. The minimum atomic E-state index is -0.0573. The van der Waals surface area contributed by atoms with Crippen LogP contribution < -0.4 is 4.74 Å². The first-order valence-electron chi connectivity index (χ1n) is 22.0. The van der Waals surface area contributed by atoms with E-state index in [0.29, 0.717) is 11.5 Å². The number of benzene rings is 7. The van der Waals surface area contributed by atoms with Crippen LogP contribution in [0, 0.1) is 0 Å². The van der Waals surface area contributed by atoms with Crippen molar-refractivity contribution in [3.8, 4) is 56.4 Å². The van der Waals surface area contributed by atoms with Gasteiger partial charge >= 0.3 is 0 Å². The van der Waals surface area contributed by atoms with Crippen LogP contribution in [0.25, 0.3) is 88.6 Å². The molecule has 6 heteroatoms. The monoisotopic (exact) mass is 832 g/mol. The summed E-state index contributed by atoms with van der Waals surface area (Å²) in [7, 11) is 0. The number of hydrogen-bond donors (Lipinski definition) is 0. The Hall–Kier alpha value is -7.70. The average molecular weight is 833 g/mol. The Bertz CT molecular complexity index is 3560. The minimum absolute atomic E-state index is 0.0442. The van der Waals surface area contributed by atoms with Gasteiger partial charge in [0, 0.05) is 51.6 Å². The lowest BCUT2D eigenvalue weighted by Crippen LogP contribution is -2.17. The van der Waals surface area contributed by atoms with Gasteiger partial charge in [-0.2, -0.15) is 5.10 Å². The number of furan rings is 1. The predicted octanol–water partition coefficient (Wildman–Crippen LogP) is 15.7. The van der Waals surface area contributed by atoms with E-state index in [2.05, 4.69) is 186 Å². The molecule has 0 saturated carbocycles. The summed E-state index contributed by atoms with van der Waals surface area (Å²) in [5, 5.41) is 9.16. The van der Waals surface area contributed by atoms with Gasteiger partial charge in [-0.05, 0) is 92.2 Å². The van der Waals surface area contributed by atoms with Gasteiger partial charge in [-0.25, -0.2) is 9.67 Å². The van der Waals surface area contributed by atoms with E-state index < -0.39 is 0 Å². The highest BCUT2D eigenvalue weighted by Gasteiger charge is 2.24. The summed E-state index contributed by atoms with van der Waals surface area (Å²) in [6, 6.07) is 57.4. The van der Waals surface area contributed by atoms with Crippen molar-refractivity contribution in [3.63, 3.8) is 0 Å². The van der Waals surface area contributed by atoms with Crippen molar-refractivity contribution in [1.29, 1.82) is 0 Å². The van der Waals surface area contributed by atoms with Crippen LogP contribution >= 0.6 is 0 Å². The molecule has 0 aliphatic heterocycles. The molecule has 0 radical (unpaired) electrons. The highest BCUT2D eigenvalue weighted by Crippen LogP contribution is 2.42. The molecule has 0 amide bonds. The zero-order valence-electron chi connectivity index (χ0n) is 36.9. The predicted molar refractivity (Wildman–Crippen MR) is 263 cm³/mol. The number of fused-ring (bicyclic) bond motifs is 6. The molecule has 64 heavy (non-hydrogen) atoms. The van der Waals surface area contributed by atoms with Gasteiger partial charge in [-0.1, -0.05) is 151 Å². The molecule has 7 aromatic carbocycles. The summed E-state index contributed by atoms with van der Waals surface area (Å²) in [6.45, 7) is 13.7. The lowest BCUT2D eigenvalue weighted by atomic mass is 9.77. The van der Waals surface area contributed by atoms with Crippen LogP contribution in [0.3, 0.4) is 0 Å². The smallest absolute Gasteiger partial charge is 0.161 e. The fourth-order valence-electron chi connectivity index (χ4n) is 9.20. The van der Waals surface area contributed by atoms with Gasteiger partial charge < -0.3 is 9.15 Å². The number of aromatic nitrogens is 4. The fourth-order valence-corrected chi connectivity index (χ4v) is 9.20. The second-order valence-corrected chi connectivity index (χ2v) is 18.8. The summed E-state index contributed by atoms with van der Waals surface area (Å²) >= 11 is 0. The number of hydrogen-bond acceptors (Lipinski definition) is 4. The number of rotatable bonds is 7. The molecule has 0 unspecified atom stereocenters. The third-order valence-electron chi connectivity index (χ3n) is 12.4. The van der Waals surface area contributed by atoms with Crippen molar-refractivity contribution >= 4 is 43.7 Å². The van der Waals surface area contributed by atoms with Gasteiger partial charge in [0.2, 0.25) is 0 Å². The Labute approximate surface area is 373 Å². The van der Waals surface area contributed by atoms with Crippen molar-refractivity contribution in [2.45, 2.75) is 52.4 Å². The van der Waals surface area contributed by atoms with Crippen molar-refractivity contribution in [1.82, 2.24) is 19.3 Å². The molecule has 11 rings (SSSR count). The van der Waals surface area contributed by atoms with Crippen LogP contribution in [0.15, 0.2) is 187 Å². The van der Waals surface area contributed by atoms with Crippen LogP contribution in [0.5, 0.6) is 11.5 Å². The minimum Gasteiger partial charge on any atom is -0.457 e. The molecule has 0 aliphatic rings. The SMILES string of the molecule is CC(C)(C)c1ccc(-c2ccnc(-n3c4ccccc4c4ccc(Oc5cc(-n6cc(-c7ccccc7-c7ccccc7)cn6)c6oc7ccccc7c6c5)cc43)c2)c(C(C)(C)C)c1. The lowest BCUT2D eigenvalue weighted by Gasteiger charge is -2.27. The number of ether oxygens (including phenoxy) is 1. The van der Waals surface area contributed by atoms with E-state index in [1.165, 1.54) is 16.7 Å². The summed E-state index contributed by atoms with van der Waals surface area (Å²) in [5.41, 5.74) is 13.8. The zero-order valence-corrected chi connectivity index (χ0v) is 36.9. The fraction of sp³-hybridized carbons (Fsp3) is 0.138. The van der Waals surface area contributed by atoms with Crippen molar-refractivity contribution in [2.24, 2.45) is 0 Å². The van der Waals surface area contributed by atoms with Gasteiger partial charge in [-0.3, -0.25) is 4.57 Å². The van der Waals surface area contributed by atoms with E-state index in [4.69, 9.17) is 19.2 Å². The van der Waals surface area contributed by atoms with Crippen molar-refractivity contribution in [3.05, 3.63) is 194 Å². The Morgan fingerprint density at radius 1 is 0.516 bits per heavy atom. The topological polar surface area (TPSA) is 58.0 Å². The highest BCUT2D eigenvalue weighted by atomic mass is 16.5. The van der Waals surface area contributed by atoms with E-state index in [-0.39, 0.29) is 10.8 Å². The standard InChI is InChI=1S/C58H48N4O2/c1-57(2,3)40-24-26-45(50(31-40)58(4,5)6)38-28-29-59-55(30-38)62-51-22-14-12-20-46(51)47-27-25-41(33-52(47)62)63-42-32-49-48-21-13-15-23-54(48)64-56(49)53(34-42)61-36-39(35-60-61)44-19-11-10-18-43(44)37-16-8-7-9-17-37/h7-36H,1-6H3. The van der Waals surface area contributed by atoms with E-state index in [9.17, 15) is 0 Å². The molecule has 0 saturated heterocycles. The van der Waals surface area contributed by atoms with Crippen molar-refractivity contribution < 1.29 is 9.15 Å². The maximum Gasteiger partial charge on any atom is 0.161 e. The largest absolute Gasteiger partial charge is 0.457 e. The molecule has 0 spiro atoms. The van der Waals surface area contributed by atoms with Gasteiger partial charge in [0.15, 0.2) is 5.58 Å². The maximum absolute atomic E-state index is 6.90. The summed E-state index contributed by atoms with van der Waals surface area (Å²) in [6.07, 6.45) is 5.93. The number of nitrogens with zero attached hydrogens (tertiary/aromatic N) is 4. The molecule has 4 aromatic heterocycles. The molecular weight excluding hydrogens is 785 g/mol. The number of pyridine rings is 1. The van der Waals surface area contributed by atoms with Crippen LogP contribution in [-0.2, 0) is 10.8 Å². The van der Waals surface area contributed by atoms with E-state index in [1.54, 1.807) is 0 Å². The average Bonchev–Trinajstić information content (AvgIpc) is 4.03. The summed E-state index contributed by atoms with van der Waals surface area (Å²) in [5.74, 6) is 2.22. The second-order valence-electron chi connectivity index (χ2n) is 18.8. The Morgan fingerprint density at radius 2 is 1.23 bits per heavy atom. The van der Waals surface area contributed by atoms with Crippen LogP contribution in [0.1, 0.15) is 52.7 Å². The molecular formula is C58H48N4O2. The molecule has 0 N–H and O–H groups in total. The summed E-state index contributed by atoms with van der Waals surface area (Å²) < 4.78 is 17.6. The molecule has 0 atom stereocenters. The van der Waals surface area contributed by atoms with E-state index in [1.807, 2.05) is 47.4 Å².